The van der Waals surface area contributed by atoms with Gasteiger partial charge in [0.05, 0.1) is 19.3 Å². The van der Waals surface area contributed by atoms with E-state index in [1.807, 2.05) is 0 Å². The number of nitrogens with one attached hydrogen (secondary N) is 1. The first-order valence-electron chi connectivity index (χ1n) is 6.80. The Bertz CT molecular complexity index is 275. The highest BCUT2D eigenvalue weighted by molar-refractivity contribution is 5.12. The maximum absolute atomic E-state index is 9.40. The van der Waals surface area contributed by atoms with Crippen LogP contribution in [0.15, 0.2) is 0 Å². The minimum atomic E-state index is 0.0699. The minimum absolute atomic E-state index is 0.0699. The van der Waals surface area contributed by atoms with Crippen molar-refractivity contribution in [2.24, 2.45) is 16.7 Å². The lowest BCUT2D eigenvalue weighted by Gasteiger charge is -2.44. The number of fused-ring (bicyclic) bond motifs is 2. The maximum Gasteiger partial charge on any atom is 0.0638 e. The zero-order valence-electron chi connectivity index (χ0n) is 11.6. The van der Waals surface area contributed by atoms with E-state index in [0.717, 1.165) is 5.92 Å². The summed E-state index contributed by atoms with van der Waals surface area (Å²) < 4.78 is 5.16. The van der Waals surface area contributed by atoms with E-state index in [-0.39, 0.29) is 12.6 Å². The summed E-state index contributed by atoms with van der Waals surface area (Å²) in [5, 5.41) is 13.1. The lowest BCUT2D eigenvalue weighted by atomic mass is 9.68. The van der Waals surface area contributed by atoms with Gasteiger partial charge in [0.1, 0.15) is 0 Å². The van der Waals surface area contributed by atoms with Crippen LogP contribution in [-0.4, -0.2) is 37.5 Å². The molecule has 0 saturated heterocycles. The normalized spacial score (nSPS) is 40.8. The van der Waals surface area contributed by atoms with E-state index in [4.69, 9.17) is 4.74 Å². The van der Waals surface area contributed by atoms with Gasteiger partial charge in [0.2, 0.25) is 0 Å². The molecule has 2 fully saturated rings. The fourth-order valence-electron chi connectivity index (χ4n) is 4.31. The van der Waals surface area contributed by atoms with Gasteiger partial charge in [-0.1, -0.05) is 20.8 Å². The first kappa shape index (κ1) is 13.3. The SMILES string of the molecule is COCC(CO)NC1C(C)(C)[C@H]2CC[C@]1(C)C2. The Kier molecular flexibility index (Phi) is 3.54. The quantitative estimate of drug-likeness (QED) is 0.771. The van der Waals surface area contributed by atoms with Crippen LogP contribution in [0.2, 0.25) is 0 Å². The minimum Gasteiger partial charge on any atom is -0.395 e. The fraction of sp³-hybridized carbons (Fsp3) is 1.00. The van der Waals surface area contributed by atoms with Crippen LogP contribution in [-0.2, 0) is 4.74 Å². The Morgan fingerprint density at radius 3 is 2.59 bits per heavy atom. The second-order valence-electron chi connectivity index (χ2n) is 6.85. The number of hydrogen-bond donors (Lipinski definition) is 2. The molecule has 0 aromatic rings. The average molecular weight is 241 g/mol. The predicted octanol–water partition coefficient (Wildman–Crippen LogP) is 1.80. The van der Waals surface area contributed by atoms with Gasteiger partial charge >= 0.3 is 0 Å². The summed E-state index contributed by atoms with van der Waals surface area (Å²) in [6.07, 6.45) is 4.03. The molecule has 0 aliphatic heterocycles. The van der Waals surface area contributed by atoms with Gasteiger partial charge in [-0.3, -0.25) is 0 Å². The van der Waals surface area contributed by atoms with Crippen LogP contribution >= 0.6 is 0 Å². The Balaban J connectivity index is 2.09. The summed E-state index contributed by atoms with van der Waals surface area (Å²) in [5.41, 5.74) is 0.753. The van der Waals surface area contributed by atoms with Crippen molar-refractivity contribution < 1.29 is 9.84 Å². The van der Waals surface area contributed by atoms with Crippen LogP contribution in [0.1, 0.15) is 40.0 Å². The summed E-state index contributed by atoms with van der Waals surface area (Å²) in [7, 11) is 1.69. The van der Waals surface area contributed by atoms with Gasteiger partial charge in [0, 0.05) is 13.2 Å². The first-order chi connectivity index (χ1) is 7.94. The number of methoxy groups -OCH3 is 1. The zero-order valence-corrected chi connectivity index (χ0v) is 11.6. The summed E-state index contributed by atoms with van der Waals surface area (Å²) >= 11 is 0. The largest absolute Gasteiger partial charge is 0.395 e. The molecule has 4 atom stereocenters. The molecule has 0 aromatic heterocycles. The lowest BCUT2D eigenvalue weighted by Crippen LogP contribution is -2.55. The van der Waals surface area contributed by atoms with Crippen LogP contribution in [0.3, 0.4) is 0 Å². The van der Waals surface area contributed by atoms with Crippen molar-refractivity contribution in [1.82, 2.24) is 5.32 Å². The molecule has 2 aliphatic carbocycles. The third kappa shape index (κ3) is 2.13. The van der Waals surface area contributed by atoms with Gasteiger partial charge in [-0.05, 0) is 36.0 Å². The highest BCUT2D eigenvalue weighted by atomic mass is 16.5. The van der Waals surface area contributed by atoms with Crippen LogP contribution in [0.4, 0.5) is 0 Å². The van der Waals surface area contributed by atoms with E-state index in [0.29, 0.717) is 23.5 Å². The van der Waals surface area contributed by atoms with Gasteiger partial charge in [-0.2, -0.15) is 0 Å². The Morgan fingerprint density at radius 2 is 2.12 bits per heavy atom. The molecule has 100 valence electrons. The van der Waals surface area contributed by atoms with Gasteiger partial charge in [0.15, 0.2) is 0 Å². The second-order valence-corrected chi connectivity index (χ2v) is 6.85. The van der Waals surface area contributed by atoms with Gasteiger partial charge < -0.3 is 15.2 Å². The maximum atomic E-state index is 9.40. The third-order valence-electron chi connectivity index (χ3n) is 5.26. The summed E-state index contributed by atoms with van der Waals surface area (Å²) in [5.74, 6) is 0.840. The topological polar surface area (TPSA) is 41.5 Å². The first-order valence-corrected chi connectivity index (χ1v) is 6.80. The smallest absolute Gasteiger partial charge is 0.0638 e. The Hall–Kier alpha value is -0.120. The van der Waals surface area contributed by atoms with Crippen molar-refractivity contribution in [1.29, 1.82) is 0 Å². The van der Waals surface area contributed by atoms with Crippen molar-refractivity contribution in [2.45, 2.75) is 52.1 Å². The molecule has 0 heterocycles. The van der Waals surface area contributed by atoms with Crippen molar-refractivity contribution in [2.75, 3.05) is 20.3 Å². The number of ether oxygens (including phenoxy) is 1. The molecule has 3 nitrogen and oxygen atoms in total. The van der Waals surface area contributed by atoms with Crippen LogP contribution in [0.5, 0.6) is 0 Å². The van der Waals surface area contributed by atoms with Crippen molar-refractivity contribution in [3.05, 3.63) is 0 Å². The molecule has 2 bridgehead atoms. The van der Waals surface area contributed by atoms with Crippen molar-refractivity contribution >= 4 is 0 Å². The average Bonchev–Trinajstić information content (AvgIpc) is 2.74. The Labute approximate surface area is 105 Å². The molecule has 2 aliphatic rings. The molecule has 17 heavy (non-hydrogen) atoms. The standard InChI is InChI=1S/C14H27NO2/c1-13(2)10-5-6-14(3,7-10)12(13)15-11(8-16)9-17-4/h10-12,15-16H,5-9H2,1-4H3/t10-,11?,12?,14+/m0/s1. The molecular weight excluding hydrogens is 214 g/mol. The summed E-state index contributed by atoms with van der Waals surface area (Å²) in [4.78, 5) is 0. The molecule has 0 amide bonds. The number of rotatable bonds is 5. The Morgan fingerprint density at radius 1 is 1.41 bits per heavy atom. The van der Waals surface area contributed by atoms with E-state index >= 15 is 0 Å². The fourth-order valence-corrected chi connectivity index (χ4v) is 4.31. The van der Waals surface area contributed by atoms with E-state index in [9.17, 15) is 5.11 Å². The third-order valence-corrected chi connectivity index (χ3v) is 5.26. The second kappa shape index (κ2) is 4.52. The highest BCUT2D eigenvalue weighted by Gasteiger charge is 2.59. The zero-order chi connectivity index (χ0) is 12.7. The van der Waals surface area contributed by atoms with E-state index in [1.54, 1.807) is 7.11 Å². The molecule has 2 rings (SSSR count). The molecule has 2 N–H and O–H groups in total. The van der Waals surface area contributed by atoms with Crippen molar-refractivity contribution in [3.8, 4) is 0 Å². The van der Waals surface area contributed by atoms with E-state index in [1.165, 1.54) is 19.3 Å². The van der Waals surface area contributed by atoms with Gasteiger partial charge in [-0.25, -0.2) is 0 Å². The molecular formula is C14H27NO2. The molecule has 0 radical (unpaired) electrons. The monoisotopic (exact) mass is 241 g/mol. The number of aliphatic hydroxyl groups is 1. The molecule has 0 aromatic carbocycles. The van der Waals surface area contributed by atoms with Crippen LogP contribution < -0.4 is 5.32 Å². The van der Waals surface area contributed by atoms with Gasteiger partial charge in [-0.15, -0.1) is 0 Å². The predicted molar refractivity (Wildman–Crippen MR) is 68.9 cm³/mol. The molecule has 2 saturated carbocycles. The van der Waals surface area contributed by atoms with Crippen LogP contribution in [0.25, 0.3) is 0 Å². The molecule has 2 unspecified atom stereocenters. The van der Waals surface area contributed by atoms with E-state index in [2.05, 4.69) is 26.1 Å². The van der Waals surface area contributed by atoms with Crippen LogP contribution in [0, 0.1) is 16.7 Å². The van der Waals surface area contributed by atoms with Gasteiger partial charge in [0.25, 0.3) is 0 Å². The highest BCUT2D eigenvalue weighted by Crippen LogP contribution is 2.62. The van der Waals surface area contributed by atoms with Crippen molar-refractivity contribution in [3.63, 3.8) is 0 Å². The lowest BCUT2D eigenvalue weighted by molar-refractivity contribution is 0.0607. The summed E-state index contributed by atoms with van der Waals surface area (Å²) in [6.45, 7) is 7.90. The number of hydrogen-bond acceptors (Lipinski definition) is 3. The van der Waals surface area contributed by atoms with E-state index < -0.39 is 0 Å². The molecule has 3 heteroatoms. The molecule has 0 spiro atoms. The number of aliphatic hydroxyl groups excluding tert-OH is 1. The summed E-state index contributed by atoms with van der Waals surface area (Å²) in [6, 6.07) is 0.571.